The molecule has 11 heavy (non-hydrogen) atoms. The third-order valence-corrected chi connectivity index (χ3v) is 1.62. The molecule has 0 aromatic heterocycles. The zero-order valence-corrected chi connectivity index (χ0v) is 7.18. The van der Waals surface area contributed by atoms with E-state index in [0.717, 1.165) is 17.9 Å². The standard InChI is InChI=1S/C8H17N2O/c1-2-3-4-5-6-7-10(9)8-11/h2-7,9H2,1H3. The second-order valence-electron chi connectivity index (χ2n) is 2.70. The van der Waals surface area contributed by atoms with Crippen molar-refractivity contribution in [1.29, 1.82) is 0 Å². The zero-order valence-electron chi connectivity index (χ0n) is 7.18. The third-order valence-electron chi connectivity index (χ3n) is 1.62. The van der Waals surface area contributed by atoms with E-state index in [0.29, 0.717) is 6.54 Å². The molecule has 0 saturated heterocycles. The van der Waals surface area contributed by atoms with Gasteiger partial charge in [0.15, 0.2) is 0 Å². The van der Waals surface area contributed by atoms with Crippen molar-refractivity contribution in [1.82, 2.24) is 5.01 Å². The van der Waals surface area contributed by atoms with E-state index < -0.39 is 0 Å². The summed E-state index contributed by atoms with van der Waals surface area (Å²) in [6, 6.07) is 0. The van der Waals surface area contributed by atoms with Gasteiger partial charge in [-0.3, -0.25) is 9.80 Å². The monoisotopic (exact) mass is 157 g/mol. The van der Waals surface area contributed by atoms with Crippen LogP contribution >= 0.6 is 0 Å². The molecule has 1 amide bonds. The highest BCUT2D eigenvalue weighted by atomic mass is 16.1. The van der Waals surface area contributed by atoms with Gasteiger partial charge in [0.05, 0.1) is 0 Å². The maximum absolute atomic E-state index is 9.90. The minimum Gasteiger partial charge on any atom is -0.272 e. The van der Waals surface area contributed by atoms with Crippen molar-refractivity contribution in [3.8, 4) is 0 Å². The molecule has 3 heteroatoms. The molecule has 0 fully saturated rings. The maximum Gasteiger partial charge on any atom is 0.327 e. The van der Waals surface area contributed by atoms with Gasteiger partial charge in [0, 0.05) is 6.54 Å². The van der Waals surface area contributed by atoms with E-state index in [-0.39, 0.29) is 0 Å². The lowest BCUT2D eigenvalue weighted by atomic mass is 10.1. The molecule has 0 aliphatic carbocycles. The summed E-state index contributed by atoms with van der Waals surface area (Å²) >= 11 is 0. The van der Waals surface area contributed by atoms with Crippen LogP contribution in [-0.2, 0) is 4.79 Å². The van der Waals surface area contributed by atoms with E-state index in [1.165, 1.54) is 19.3 Å². The smallest absolute Gasteiger partial charge is 0.272 e. The lowest BCUT2D eigenvalue weighted by Crippen LogP contribution is -2.30. The fourth-order valence-electron chi connectivity index (χ4n) is 0.931. The highest BCUT2D eigenvalue weighted by Gasteiger charge is 1.94. The number of hydrogen-bond acceptors (Lipinski definition) is 2. The molecule has 0 aliphatic heterocycles. The summed E-state index contributed by atoms with van der Waals surface area (Å²) in [6.07, 6.45) is 7.52. The SMILES string of the molecule is CCCCCCCN(N)[C]=O. The predicted octanol–water partition coefficient (Wildman–Crippen LogP) is 1.20. The first-order valence-corrected chi connectivity index (χ1v) is 4.21. The first-order chi connectivity index (χ1) is 5.31. The number of nitrogens with two attached hydrogens (primary N) is 1. The van der Waals surface area contributed by atoms with Crippen molar-refractivity contribution in [3.63, 3.8) is 0 Å². The van der Waals surface area contributed by atoms with E-state index in [9.17, 15) is 4.79 Å². The highest BCUT2D eigenvalue weighted by molar-refractivity contribution is 5.46. The lowest BCUT2D eigenvalue weighted by molar-refractivity contribution is 0.379. The van der Waals surface area contributed by atoms with E-state index in [1.807, 2.05) is 0 Å². The number of carbonyl (C=O) groups excluding carboxylic acids is 1. The van der Waals surface area contributed by atoms with Crippen LogP contribution in [0.3, 0.4) is 0 Å². The normalized spacial score (nSPS) is 9.64. The lowest BCUT2D eigenvalue weighted by Gasteiger charge is -2.07. The van der Waals surface area contributed by atoms with E-state index in [1.54, 1.807) is 6.41 Å². The molecule has 0 atom stereocenters. The van der Waals surface area contributed by atoms with E-state index in [2.05, 4.69) is 6.92 Å². The first-order valence-electron chi connectivity index (χ1n) is 4.21. The van der Waals surface area contributed by atoms with Crippen molar-refractivity contribution in [2.75, 3.05) is 6.54 Å². The van der Waals surface area contributed by atoms with E-state index in [4.69, 9.17) is 5.84 Å². The average Bonchev–Trinajstić information content (AvgIpc) is 2.04. The van der Waals surface area contributed by atoms with Gasteiger partial charge in [0.1, 0.15) is 0 Å². The van der Waals surface area contributed by atoms with Gasteiger partial charge in [-0.15, -0.1) is 0 Å². The molecule has 2 N–H and O–H groups in total. The van der Waals surface area contributed by atoms with Gasteiger partial charge >= 0.3 is 6.41 Å². The van der Waals surface area contributed by atoms with Gasteiger partial charge in [-0.05, 0) is 6.42 Å². The predicted molar refractivity (Wildman–Crippen MR) is 45.3 cm³/mol. The van der Waals surface area contributed by atoms with Crippen LogP contribution in [0, 0.1) is 0 Å². The van der Waals surface area contributed by atoms with Gasteiger partial charge < -0.3 is 0 Å². The Morgan fingerprint density at radius 2 is 1.91 bits per heavy atom. The number of hydrogen-bond donors (Lipinski definition) is 1. The summed E-state index contributed by atoms with van der Waals surface area (Å²) in [5.74, 6) is 5.20. The van der Waals surface area contributed by atoms with Crippen molar-refractivity contribution in [3.05, 3.63) is 0 Å². The molecule has 0 aliphatic rings. The zero-order chi connectivity index (χ0) is 8.53. The summed E-state index contributed by atoms with van der Waals surface area (Å²) in [6.45, 7) is 2.81. The first kappa shape index (κ1) is 10.4. The summed E-state index contributed by atoms with van der Waals surface area (Å²) < 4.78 is 0. The molecule has 0 bridgehead atoms. The van der Waals surface area contributed by atoms with Crippen molar-refractivity contribution in [2.45, 2.75) is 39.0 Å². The third kappa shape index (κ3) is 7.33. The molecule has 0 aromatic carbocycles. The number of unbranched alkanes of at least 4 members (excludes halogenated alkanes) is 4. The van der Waals surface area contributed by atoms with Crippen molar-refractivity contribution in [2.24, 2.45) is 5.84 Å². The number of rotatable bonds is 7. The quantitative estimate of drug-likeness (QED) is 0.198. The molecule has 0 aromatic rings. The topological polar surface area (TPSA) is 46.3 Å². The fourth-order valence-corrected chi connectivity index (χ4v) is 0.931. The largest absolute Gasteiger partial charge is 0.327 e. The van der Waals surface area contributed by atoms with Gasteiger partial charge in [-0.1, -0.05) is 32.6 Å². The van der Waals surface area contributed by atoms with Crippen LogP contribution in [0.25, 0.3) is 0 Å². The second kappa shape index (κ2) is 7.54. The van der Waals surface area contributed by atoms with Gasteiger partial charge in [-0.2, -0.15) is 0 Å². The van der Waals surface area contributed by atoms with E-state index >= 15 is 0 Å². The van der Waals surface area contributed by atoms with Crippen molar-refractivity contribution >= 4 is 6.41 Å². The number of nitrogens with zero attached hydrogens (tertiary/aromatic N) is 1. The Balaban J connectivity index is 2.95. The van der Waals surface area contributed by atoms with Gasteiger partial charge in [0.25, 0.3) is 0 Å². The summed E-state index contributed by atoms with van der Waals surface area (Å²) in [7, 11) is 0. The van der Waals surface area contributed by atoms with Crippen LogP contribution in [0.15, 0.2) is 0 Å². The fraction of sp³-hybridized carbons (Fsp3) is 0.875. The average molecular weight is 157 g/mol. The number of hydrazine groups is 1. The minimum atomic E-state index is 0.632. The van der Waals surface area contributed by atoms with Crippen LogP contribution < -0.4 is 5.84 Å². The minimum absolute atomic E-state index is 0.632. The Morgan fingerprint density at radius 1 is 1.27 bits per heavy atom. The Labute approximate surface area is 68.5 Å². The molecule has 1 radical (unpaired) electrons. The Kier molecular flexibility index (Phi) is 7.15. The number of amides is 1. The van der Waals surface area contributed by atoms with Crippen LogP contribution in [0.4, 0.5) is 0 Å². The molecule has 3 nitrogen and oxygen atoms in total. The molecule has 65 valence electrons. The summed E-state index contributed by atoms with van der Waals surface area (Å²) in [4.78, 5) is 9.90. The molecular formula is C8H17N2O. The molecular weight excluding hydrogens is 140 g/mol. The van der Waals surface area contributed by atoms with Crippen LogP contribution in [0.1, 0.15) is 39.0 Å². The maximum atomic E-state index is 9.90. The Hall–Kier alpha value is -0.570. The highest BCUT2D eigenvalue weighted by Crippen LogP contribution is 2.01. The summed E-state index contributed by atoms with van der Waals surface area (Å²) in [5.41, 5.74) is 0. The summed E-state index contributed by atoms with van der Waals surface area (Å²) in [5, 5.41) is 1.08. The molecule has 0 rings (SSSR count). The Morgan fingerprint density at radius 3 is 2.45 bits per heavy atom. The Bertz CT molecular complexity index is 96.1. The molecule has 0 saturated carbocycles. The van der Waals surface area contributed by atoms with Gasteiger partial charge in [-0.25, -0.2) is 5.84 Å². The van der Waals surface area contributed by atoms with Crippen LogP contribution in [0.5, 0.6) is 0 Å². The van der Waals surface area contributed by atoms with Crippen molar-refractivity contribution < 1.29 is 4.79 Å². The molecule has 0 unspecified atom stereocenters. The van der Waals surface area contributed by atoms with Crippen LogP contribution in [0.2, 0.25) is 0 Å². The molecule has 0 spiro atoms. The van der Waals surface area contributed by atoms with Crippen LogP contribution in [-0.4, -0.2) is 18.0 Å². The molecule has 0 heterocycles. The second-order valence-corrected chi connectivity index (χ2v) is 2.70. The van der Waals surface area contributed by atoms with Gasteiger partial charge in [0.2, 0.25) is 0 Å².